The van der Waals surface area contributed by atoms with Crippen LogP contribution in [-0.4, -0.2) is 46.6 Å². The second-order valence-corrected chi connectivity index (χ2v) is 15.6. The van der Waals surface area contributed by atoms with Crippen LogP contribution in [0, 0.1) is 0 Å². The van der Waals surface area contributed by atoms with Crippen molar-refractivity contribution in [3.8, 4) is 0 Å². The van der Waals surface area contributed by atoms with Crippen LogP contribution in [0.1, 0.15) is 251 Å². The highest BCUT2D eigenvalue weighted by molar-refractivity contribution is 5.76. The van der Waals surface area contributed by atoms with E-state index < -0.39 is 12.1 Å². The van der Waals surface area contributed by atoms with Crippen LogP contribution < -0.4 is 5.32 Å². The molecule has 2 atom stereocenters. The van der Waals surface area contributed by atoms with E-state index in [9.17, 15) is 15.0 Å². The van der Waals surface area contributed by atoms with Crippen LogP contribution in [0.25, 0.3) is 0 Å². The number of nitrogens with one attached hydrogen (secondary N) is 1. The first-order chi connectivity index (χ1) is 24.2. The largest absolute Gasteiger partial charge is 0.396 e. The van der Waals surface area contributed by atoms with Gasteiger partial charge in [-0.05, 0) is 19.3 Å². The number of hydrogen-bond acceptors (Lipinski definition) is 4. The lowest BCUT2D eigenvalue weighted by atomic mass is 10.0. The Labute approximate surface area is 307 Å². The van der Waals surface area contributed by atoms with Crippen LogP contribution in [0.15, 0.2) is 0 Å². The average molecular weight is 696 g/mol. The molecule has 0 rings (SSSR count). The van der Waals surface area contributed by atoms with Gasteiger partial charge in [-0.1, -0.05) is 225 Å². The van der Waals surface area contributed by atoms with Crippen molar-refractivity contribution in [2.45, 2.75) is 263 Å². The van der Waals surface area contributed by atoms with Gasteiger partial charge in [0, 0.05) is 13.0 Å². The molecule has 0 saturated heterocycles. The zero-order valence-corrected chi connectivity index (χ0v) is 33.2. The number of hydrogen-bond donors (Lipinski definition) is 4. The van der Waals surface area contributed by atoms with Gasteiger partial charge in [-0.15, -0.1) is 0 Å². The predicted molar refractivity (Wildman–Crippen MR) is 213 cm³/mol. The molecule has 0 saturated carbocycles. The first-order valence-corrected chi connectivity index (χ1v) is 22.3. The number of carbonyl (C=O) groups excluding carboxylic acids is 1. The van der Waals surface area contributed by atoms with E-state index in [0.29, 0.717) is 19.4 Å². The van der Waals surface area contributed by atoms with Gasteiger partial charge in [-0.2, -0.15) is 0 Å². The lowest BCUT2D eigenvalue weighted by Crippen LogP contribution is -2.45. The zero-order chi connectivity index (χ0) is 35.7. The van der Waals surface area contributed by atoms with E-state index in [-0.39, 0.29) is 12.5 Å². The molecule has 0 bridgehead atoms. The predicted octanol–water partition coefficient (Wildman–Crippen LogP) is 12.7. The van der Waals surface area contributed by atoms with Crippen molar-refractivity contribution in [3.63, 3.8) is 0 Å². The van der Waals surface area contributed by atoms with Crippen LogP contribution in [-0.2, 0) is 4.79 Å². The molecule has 2 unspecified atom stereocenters. The van der Waals surface area contributed by atoms with Gasteiger partial charge >= 0.3 is 0 Å². The summed E-state index contributed by atoms with van der Waals surface area (Å²) >= 11 is 0. The third-order valence-corrected chi connectivity index (χ3v) is 10.7. The summed E-state index contributed by atoms with van der Waals surface area (Å²) in [5.74, 6) is -0.0312. The Kier molecular flexibility index (Phi) is 41.2. The molecule has 49 heavy (non-hydrogen) atoms. The summed E-state index contributed by atoms with van der Waals surface area (Å²) in [6.45, 7) is 2.43. The minimum atomic E-state index is -0.656. The van der Waals surface area contributed by atoms with Crippen molar-refractivity contribution in [2.75, 3.05) is 13.2 Å². The molecule has 0 aliphatic rings. The van der Waals surface area contributed by atoms with Gasteiger partial charge in [-0.25, -0.2) is 0 Å². The molecule has 5 heteroatoms. The molecule has 0 heterocycles. The highest BCUT2D eigenvalue weighted by Gasteiger charge is 2.20. The number of aliphatic hydroxyl groups excluding tert-OH is 3. The molecule has 0 radical (unpaired) electrons. The van der Waals surface area contributed by atoms with Crippen molar-refractivity contribution in [1.29, 1.82) is 0 Å². The molecule has 294 valence electrons. The standard InChI is InChI=1S/C44H89NO4/c1-2-3-4-5-6-7-8-20-23-26-29-32-35-38-43(48)42(41-47)45-44(49)39-36-33-30-27-24-21-18-16-14-12-10-9-11-13-15-17-19-22-25-28-31-34-37-40-46/h42-43,46-48H,2-41H2,1H3,(H,45,49). The van der Waals surface area contributed by atoms with Gasteiger partial charge in [0.05, 0.1) is 18.8 Å². The van der Waals surface area contributed by atoms with Crippen LogP contribution in [0.2, 0.25) is 0 Å². The first kappa shape index (κ1) is 48.3. The molecule has 0 aromatic heterocycles. The number of carbonyl (C=O) groups is 1. The average Bonchev–Trinajstić information content (AvgIpc) is 3.10. The van der Waals surface area contributed by atoms with Crippen LogP contribution >= 0.6 is 0 Å². The first-order valence-electron chi connectivity index (χ1n) is 22.3. The molecule has 0 aliphatic carbocycles. The fraction of sp³-hybridized carbons (Fsp3) is 0.977. The van der Waals surface area contributed by atoms with Crippen molar-refractivity contribution in [3.05, 3.63) is 0 Å². The normalized spacial score (nSPS) is 12.8. The molecule has 0 aliphatic heterocycles. The van der Waals surface area contributed by atoms with Crippen molar-refractivity contribution in [2.24, 2.45) is 0 Å². The molecule has 0 spiro atoms. The van der Waals surface area contributed by atoms with E-state index in [1.165, 1.54) is 199 Å². The van der Waals surface area contributed by atoms with E-state index in [1.807, 2.05) is 0 Å². The number of rotatable bonds is 42. The molecule has 4 N–H and O–H groups in total. The third kappa shape index (κ3) is 38.4. The highest BCUT2D eigenvalue weighted by atomic mass is 16.3. The Bertz CT molecular complexity index is 630. The minimum Gasteiger partial charge on any atom is -0.396 e. The van der Waals surface area contributed by atoms with E-state index in [1.54, 1.807) is 0 Å². The van der Waals surface area contributed by atoms with Crippen molar-refractivity contribution < 1.29 is 20.1 Å². The molecule has 1 amide bonds. The smallest absolute Gasteiger partial charge is 0.220 e. The Hall–Kier alpha value is -0.650. The second kappa shape index (κ2) is 41.8. The lowest BCUT2D eigenvalue weighted by Gasteiger charge is -2.22. The van der Waals surface area contributed by atoms with Crippen molar-refractivity contribution >= 4 is 5.91 Å². The Balaban J connectivity index is 3.42. The van der Waals surface area contributed by atoms with E-state index in [0.717, 1.165) is 32.1 Å². The SMILES string of the molecule is CCCCCCCCCCCCCCCC(O)C(CO)NC(=O)CCCCCCCCCCCCCCCCCCCCCCCCCO. The van der Waals surface area contributed by atoms with E-state index in [2.05, 4.69) is 12.2 Å². The molecule has 0 aromatic carbocycles. The van der Waals surface area contributed by atoms with Gasteiger partial charge in [0.1, 0.15) is 0 Å². The van der Waals surface area contributed by atoms with Crippen LogP contribution in [0.4, 0.5) is 0 Å². The molecule has 5 nitrogen and oxygen atoms in total. The monoisotopic (exact) mass is 696 g/mol. The number of amides is 1. The summed E-state index contributed by atoms with van der Waals surface area (Å²) in [6, 6.07) is -0.533. The zero-order valence-electron chi connectivity index (χ0n) is 33.2. The van der Waals surface area contributed by atoms with Gasteiger partial charge < -0.3 is 20.6 Å². The summed E-state index contributed by atoms with van der Waals surface area (Å²) in [4.78, 5) is 12.4. The summed E-state index contributed by atoms with van der Waals surface area (Å²) < 4.78 is 0. The van der Waals surface area contributed by atoms with E-state index >= 15 is 0 Å². The Morgan fingerprint density at radius 3 is 1.02 bits per heavy atom. The summed E-state index contributed by atoms with van der Waals surface area (Å²) in [6.07, 6.45) is 47.6. The maximum Gasteiger partial charge on any atom is 0.220 e. The summed E-state index contributed by atoms with van der Waals surface area (Å²) in [5.41, 5.74) is 0. The minimum absolute atomic E-state index is 0.0312. The quantitative estimate of drug-likeness (QED) is 0.0479. The Morgan fingerprint density at radius 2 is 0.714 bits per heavy atom. The van der Waals surface area contributed by atoms with Crippen molar-refractivity contribution in [1.82, 2.24) is 5.32 Å². The Morgan fingerprint density at radius 1 is 0.429 bits per heavy atom. The fourth-order valence-electron chi connectivity index (χ4n) is 7.22. The van der Waals surface area contributed by atoms with Gasteiger partial charge in [0.15, 0.2) is 0 Å². The lowest BCUT2D eigenvalue weighted by molar-refractivity contribution is -0.123. The van der Waals surface area contributed by atoms with Crippen LogP contribution in [0.3, 0.4) is 0 Å². The third-order valence-electron chi connectivity index (χ3n) is 10.7. The second-order valence-electron chi connectivity index (χ2n) is 15.6. The topological polar surface area (TPSA) is 89.8 Å². The highest BCUT2D eigenvalue weighted by Crippen LogP contribution is 2.17. The van der Waals surface area contributed by atoms with Gasteiger partial charge in [-0.3, -0.25) is 4.79 Å². The number of aliphatic hydroxyl groups is 3. The maximum atomic E-state index is 12.4. The van der Waals surface area contributed by atoms with E-state index in [4.69, 9.17) is 5.11 Å². The van der Waals surface area contributed by atoms with Gasteiger partial charge in [0.2, 0.25) is 5.91 Å². The molecule has 0 fully saturated rings. The molecule has 0 aromatic rings. The molecular formula is C44H89NO4. The summed E-state index contributed by atoms with van der Waals surface area (Å²) in [7, 11) is 0. The molecular weight excluding hydrogens is 606 g/mol. The van der Waals surface area contributed by atoms with Crippen LogP contribution in [0.5, 0.6) is 0 Å². The number of unbranched alkanes of at least 4 members (excludes halogenated alkanes) is 34. The van der Waals surface area contributed by atoms with Gasteiger partial charge in [0.25, 0.3) is 0 Å². The summed E-state index contributed by atoms with van der Waals surface area (Å²) in [5, 5.41) is 31.9. The maximum absolute atomic E-state index is 12.4. The fourth-order valence-corrected chi connectivity index (χ4v) is 7.22.